The first-order valence-electron chi connectivity index (χ1n) is 6.78. The van der Waals surface area contributed by atoms with Crippen LogP contribution in [-0.2, 0) is 9.53 Å². The molecule has 98 valence electrons. The fraction of sp³-hybridized carbons (Fsp3) is 0.923. The molecule has 4 heteroatoms. The fourth-order valence-electron chi connectivity index (χ4n) is 2.72. The van der Waals surface area contributed by atoms with Crippen molar-refractivity contribution in [2.24, 2.45) is 5.92 Å². The number of halogens is 1. The number of hydrogen-bond acceptors (Lipinski definition) is 2. The molecule has 2 fully saturated rings. The third kappa shape index (κ3) is 4.14. The number of rotatable bonds is 4. The van der Waals surface area contributed by atoms with Gasteiger partial charge in [-0.15, -0.1) is 11.6 Å². The van der Waals surface area contributed by atoms with E-state index in [1.54, 1.807) is 0 Å². The summed E-state index contributed by atoms with van der Waals surface area (Å²) < 4.78 is 5.45. The second kappa shape index (κ2) is 6.60. The minimum absolute atomic E-state index is 0.117. The van der Waals surface area contributed by atoms with E-state index in [1.807, 2.05) is 0 Å². The molecule has 3 atom stereocenters. The molecule has 1 N–H and O–H groups in total. The third-order valence-corrected chi connectivity index (χ3v) is 4.39. The Hall–Kier alpha value is -0.280. The first-order valence-corrected chi connectivity index (χ1v) is 7.21. The number of alkyl halides is 1. The van der Waals surface area contributed by atoms with Gasteiger partial charge in [-0.05, 0) is 31.6 Å². The average Bonchev–Trinajstić information content (AvgIpc) is 2.81. The van der Waals surface area contributed by atoms with Gasteiger partial charge < -0.3 is 10.1 Å². The Balaban J connectivity index is 1.64. The highest BCUT2D eigenvalue weighted by atomic mass is 35.5. The van der Waals surface area contributed by atoms with Crippen LogP contribution < -0.4 is 5.32 Å². The summed E-state index contributed by atoms with van der Waals surface area (Å²) in [4.78, 5) is 11.7. The van der Waals surface area contributed by atoms with E-state index in [2.05, 4.69) is 5.32 Å². The molecule has 1 saturated carbocycles. The second-order valence-corrected chi connectivity index (χ2v) is 5.76. The molecule has 1 aliphatic carbocycles. The molecule has 0 spiro atoms. The molecule has 3 nitrogen and oxygen atoms in total. The number of nitrogens with one attached hydrogen (secondary N) is 1. The van der Waals surface area contributed by atoms with Crippen LogP contribution in [0.1, 0.15) is 44.9 Å². The molecule has 1 aliphatic heterocycles. The van der Waals surface area contributed by atoms with Crippen LogP contribution in [0.2, 0.25) is 0 Å². The molecule has 0 aromatic rings. The molecular weight excluding hydrogens is 238 g/mol. The molecule has 1 heterocycles. The topological polar surface area (TPSA) is 38.3 Å². The zero-order valence-electron chi connectivity index (χ0n) is 10.3. The minimum Gasteiger partial charge on any atom is -0.378 e. The van der Waals surface area contributed by atoms with Gasteiger partial charge in [-0.1, -0.05) is 12.8 Å². The molecule has 2 aliphatic rings. The van der Waals surface area contributed by atoms with E-state index in [9.17, 15) is 4.79 Å². The van der Waals surface area contributed by atoms with Crippen molar-refractivity contribution in [3.05, 3.63) is 0 Å². The largest absolute Gasteiger partial charge is 0.378 e. The van der Waals surface area contributed by atoms with Gasteiger partial charge in [-0.3, -0.25) is 4.79 Å². The molecule has 2 rings (SSSR count). The monoisotopic (exact) mass is 259 g/mol. The van der Waals surface area contributed by atoms with Crippen LogP contribution in [0.25, 0.3) is 0 Å². The Kier molecular flexibility index (Phi) is 5.11. The Bertz CT molecular complexity index is 254. The molecule has 1 saturated heterocycles. The molecule has 17 heavy (non-hydrogen) atoms. The SMILES string of the molecule is O=C(CC1CCCO1)NCC1CCCCC1Cl. The van der Waals surface area contributed by atoms with Gasteiger partial charge in [0.1, 0.15) is 0 Å². The lowest BCUT2D eigenvalue weighted by Crippen LogP contribution is -2.36. The van der Waals surface area contributed by atoms with Crippen molar-refractivity contribution in [2.45, 2.75) is 56.4 Å². The molecule has 0 radical (unpaired) electrons. The Morgan fingerprint density at radius 2 is 2.06 bits per heavy atom. The van der Waals surface area contributed by atoms with Gasteiger partial charge in [0.15, 0.2) is 0 Å². The number of carbonyl (C=O) groups excluding carboxylic acids is 1. The summed E-state index contributed by atoms with van der Waals surface area (Å²) in [5.41, 5.74) is 0. The van der Waals surface area contributed by atoms with E-state index in [0.29, 0.717) is 12.3 Å². The Labute approximate surface area is 108 Å². The van der Waals surface area contributed by atoms with Crippen LogP contribution in [0.3, 0.4) is 0 Å². The summed E-state index contributed by atoms with van der Waals surface area (Å²) in [5, 5.41) is 3.25. The van der Waals surface area contributed by atoms with Crippen LogP contribution in [0.15, 0.2) is 0 Å². The first-order chi connectivity index (χ1) is 8.25. The van der Waals surface area contributed by atoms with E-state index in [4.69, 9.17) is 16.3 Å². The van der Waals surface area contributed by atoms with Crippen LogP contribution in [-0.4, -0.2) is 30.5 Å². The maximum atomic E-state index is 11.7. The molecule has 0 bridgehead atoms. The van der Waals surface area contributed by atoms with Gasteiger partial charge in [0, 0.05) is 18.5 Å². The standard InChI is InChI=1S/C13H22ClNO2/c14-12-6-2-1-4-10(12)9-15-13(16)8-11-5-3-7-17-11/h10-12H,1-9H2,(H,15,16). The summed E-state index contributed by atoms with van der Waals surface area (Å²) in [6.45, 7) is 1.55. The van der Waals surface area contributed by atoms with Gasteiger partial charge in [-0.25, -0.2) is 0 Å². The first kappa shape index (κ1) is 13.2. The highest BCUT2D eigenvalue weighted by molar-refractivity contribution is 6.20. The van der Waals surface area contributed by atoms with Crippen molar-refractivity contribution in [1.29, 1.82) is 0 Å². The molecule has 0 aromatic heterocycles. The van der Waals surface area contributed by atoms with Crippen molar-refractivity contribution < 1.29 is 9.53 Å². The van der Waals surface area contributed by atoms with Crippen molar-refractivity contribution in [2.75, 3.05) is 13.2 Å². The number of amides is 1. The highest BCUT2D eigenvalue weighted by Gasteiger charge is 2.24. The van der Waals surface area contributed by atoms with E-state index < -0.39 is 0 Å². The lowest BCUT2D eigenvalue weighted by atomic mass is 9.88. The molecule has 0 aromatic carbocycles. The molecule has 1 amide bonds. The van der Waals surface area contributed by atoms with Gasteiger partial charge in [0.25, 0.3) is 0 Å². The van der Waals surface area contributed by atoms with E-state index >= 15 is 0 Å². The average molecular weight is 260 g/mol. The van der Waals surface area contributed by atoms with E-state index in [-0.39, 0.29) is 17.4 Å². The van der Waals surface area contributed by atoms with Crippen LogP contribution in [0.5, 0.6) is 0 Å². The lowest BCUT2D eigenvalue weighted by molar-refractivity contribution is -0.123. The van der Waals surface area contributed by atoms with Gasteiger partial charge in [-0.2, -0.15) is 0 Å². The van der Waals surface area contributed by atoms with Crippen LogP contribution >= 0.6 is 11.6 Å². The van der Waals surface area contributed by atoms with Crippen LogP contribution in [0.4, 0.5) is 0 Å². The van der Waals surface area contributed by atoms with Crippen LogP contribution in [0, 0.1) is 5.92 Å². The van der Waals surface area contributed by atoms with Crippen molar-refractivity contribution in [3.63, 3.8) is 0 Å². The number of carbonyl (C=O) groups is 1. The summed E-state index contributed by atoms with van der Waals surface area (Å²) in [6.07, 6.45) is 7.48. The minimum atomic E-state index is 0.117. The van der Waals surface area contributed by atoms with E-state index in [1.165, 1.54) is 12.8 Å². The van der Waals surface area contributed by atoms with Crippen molar-refractivity contribution in [1.82, 2.24) is 5.32 Å². The van der Waals surface area contributed by atoms with E-state index in [0.717, 1.165) is 38.8 Å². The number of ether oxygens (including phenoxy) is 1. The van der Waals surface area contributed by atoms with Gasteiger partial charge in [0.2, 0.25) is 5.91 Å². The maximum absolute atomic E-state index is 11.7. The smallest absolute Gasteiger partial charge is 0.222 e. The summed E-state index contributed by atoms with van der Waals surface area (Å²) >= 11 is 6.26. The Morgan fingerprint density at radius 1 is 1.24 bits per heavy atom. The normalized spacial score (nSPS) is 33.6. The lowest BCUT2D eigenvalue weighted by Gasteiger charge is -2.27. The highest BCUT2D eigenvalue weighted by Crippen LogP contribution is 2.28. The summed E-state index contributed by atoms with van der Waals surface area (Å²) in [5.74, 6) is 0.574. The third-order valence-electron chi connectivity index (χ3n) is 3.81. The van der Waals surface area contributed by atoms with Gasteiger partial charge >= 0.3 is 0 Å². The molecular formula is C13H22ClNO2. The van der Waals surface area contributed by atoms with Gasteiger partial charge in [0.05, 0.1) is 12.5 Å². The zero-order chi connectivity index (χ0) is 12.1. The summed E-state index contributed by atoms with van der Waals surface area (Å²) in [7, 11) is 0. The van der Waals surface area contributed by atoms with Crippen molar-refractivity contribution >= 4 is 17.5 Å². The Morgan fingerprint density at radius 3 is 2.76 bits per heavy atom. The second-order valence-electron chi connectivity index (χ2n) is 5.20. The maximum Gasteiger partial charge on any atom is 0.222 e. The fourth-order valence-corrected chi connectivity index (χ4v) is 3.09. The predicted octanol–water partition coefficient (Wildman–Crippen LogP) is 2.47. The number of hydrogen-bond donors (Lipinski definition) is 1. The molecule has 3 unspecified atom stereocenters. The zero-order valence-corrected chi connectivity index (χ0v) is 11.0. The predicted molar refractivity (Wildman–Crippen MR) is 68.2 cm³/mol. The summed E-state index contributed by atoms with van der Waals surface area (Å²) in [6, 6.07) is 0. The quantitative estimate of drug-likeness (QED) is 0.788. The van der Waals surface area contributed by atoms with Crippen molar-refractivity contribution in [3.8, 4) is 0 Å².